The molecule has 2 rings (SSSR count). The summed E-state index contributed by atoms with van der Waals surface area (Å²) in [4.78, 5) is 11.8. The Labute approximate surface area is 149 Å². The van der Waals surface area contributed by atoms with E-state index in [1.165, 1.54) is 0 Å². The van der Waals surface area contributed by atoms with E-state index in [0.717, 1.165) is 17.7 Å². The monoisotopic (exact) mass is 351 g/mol. The second kappa shape index (κ2) is 8.54. The fraction of sp³-hybridized carbons (Fsp3) is 0.632. The number of aliphatic hydroxyl groups is 1. The van der Waals surface area contributed by atoms with Gasteiger partial charge in [-0.1, -0.05) is 19.1 Å². The summed E-state index contributed by atoms with van der Waals surface area (Å²) < 4.78 is 15.9. The fourth-order valence-electron chi connectivity index (χ4n) is 2.67. The number of ether oxygens (including phenoxy) is 3. The van der Waals surface area contributed by atoms with Crippen molar-refractivity contribution < 1.29 is 24.1 Å². The Hall–Kier alpha value is -1.79. The lowest BCUT2D eigenvalue weighted by atomic mass is 10.0. The summed E-state index contributed by atoms with van der Waals surface area (Å²) in [5.74, 6) is 0.844. The zero-order chi connectivity index (χ0) is 18.4. The number of carbonyl (C=O) groups is 1. The predicted molar refractivity (Wildman–Crippen MR) is 94.8 cm³/mol. The van der Waals surface area contributed by atoms with Crippen LogP contribution in [0.4, 0.5) is 4.79 Å². The van der Waals surface area contributed by atoms with Crippen LogP contribution < -0.4 is 10.1 Å². The first-order valence-electron chi connectivity index (χ1n) is 8.81. The summed E-state index contributed by atoms with van der Waals surface area (Å²) in [6.07, 6.45) is -0.519. The molecule has 0 unspecified atom stereocenters. The molecule has 0 aromatic heterocycles. The molecule has 25 heavy (non-hydrogen) atoms. The van der Waals surface area contributed by atoms with Gasteiger partial charge >= 0.3 is 6.16 Å². The molecule has 1 saturated heterocycles. The minimum Gasteiger partial charge on any atom is -0.494 e. The van der Waals surface area contributed by atoms with Crippen molar-refractivity contribution in [2.45, 2.75) is 64.4 Å². The summed E-state index contributed by atoms with van der Waals surface area (Å²) >= 11 is 0. The van der Waals surface area contributed by atoms with Crippen molar-refractivity contribution in [1.29, 1.82) is 0 Å². The van der Waals surface area contributed by atoms with Crippen molar-refractivity contribution in [3.63, 3.8) is 0 Å². The van der Waals surface area contributed by atoms with E-state index in [1.54, 1.807) is 20.8 Å². The highest BCUT2D eigenvalue weighted by molar-refractivity contribution is 5.60. The van der Waals surface area contributed by atoms with Gasteiger partial charge in [-0.15, -0.1) is 0 Å². The summed E-state index contributed by atoms with van der Waals surface area (Å²) in [6, 6.07) is 7.67. The molecular weight excluding hydrogens is 322 g/mol. The predicted octanol–water partition coefficient (Wildman–Crippen LogP) is 2.67. The van der Waals surface area contributed by atoms with E-state index in [9.17, 15) is 9.90 Å². The summed E-state index contributed by atoms with van der Waals surface area (Å²) in [5.41, 5.74) is 0.466. The van der Waals surface area contributed by atoms with Crippen LogP contribution in [0.3, 0.4) is 0 Å². The molecule has 0 aliphatic carbocycles. The zero-order valence-electron chi connectivity index (χ0n) is 15.5. The molecule has 0 bridgehead atoms. The Morgan fingerprint density at radius 3 is 2.56 bits per heavy atom. The molecule has 1 heterocycles. The van der Waals surface area contributed by atoms with Gasteiger partial charge in [0.1, 0.15) is 23.6 Å². The van der Waals surface area contributed by atoms with Crippen LogP contribution in [0.1, 0.15) is 39.7 Å². The van der Waals surface area contributed by atoms with Crippen LogP contribution in [0, 0.1) is 0 Å². The topological polar surface area (TPSA) is 77.0 Å². The third-order valence-electron chi connectivity index (χ3n) is 3.86. The molecule has 0 amide bonds. The first-order chi connectivity index (χ1) is 11.8. The van der Waals surface area contributed by atoms with Crippen LogP contribution in [0.2, 0.25) is 0 Å². The van der Waals surface area contributed by atoms with Gasteiger partial charge in [-0.3, -0.25) is 0 Å². The van der Waals surface area contributed by atoms with Crippen LogP contribution in [0.15, 0.2) is 24.3 Å². The van der Waals surface area contributed by atoms with Gasteiger partial charge in [0, 0.05) is 12.6 Å². The quantitative estimate of drug-likeness (QED) is 0.768. The first kappa shape index (κ1) is 19.5. The van der Waals surface area contributed by atoms with E-state index in [1.807, 2.05) is 24.3 Å². The van der Waals surface area contributed by atoms with E-state index in [2.05, 4.69) is 12.2 Å². The average Bonchev–Trinajstić information content (AvgIpc) is 2.85. The molecule has 140 valence electrons. The molecule has 0 radical (unpaired) electrons. The minimum absolute atomic E-state index is 0.171. The lowest BCUT2D eigenvalue weighted by molar-refractivity contribution is -0.0486. The van der Waals surface area contributed by atoms with Crippen molar-refractivity contribution in [3.8, 4) is 5.75 Å². The van der Waals surface area contributed by atoms with Gasteiger partial charge in [0.25, 0.3) is 0 Å². The van der Waals surface area contributed by atoms with Gasteiger partial charge in [-0.05, 0) is 51.3 Å². The number of aliphatic hydroxyl groups excluding tert-OH is 1. The van der Waals surface area contributed by atoms with Gasteiger partial charge in [0.2, 0.25) is 0 Å². The normalized spacial score (nSPS) is 23.3. The number of carbonyl (C=O) groups excluding carboxylic acids is 1. The molecular formula is C19H29NO5. The molecule has 1 fully saturated rings. The minimum atomic E-state index is -0.775. The van der Waals surface area contributed by atoms with Crippen LogP contribution >= 0.6 is 0 Å². The van der Waals surface area contributed by atoms with E-state index in [4.69, 9.17) is 14.2 Å². The zero-order valence-corrected chi connectivity index (χ0v) is 15.5. The number of rotatable bonds is 6. The Kier molecular flexibility index (Phi) is 6.67. The van der Waals surface area contributed by atoms with Gasteiger partial charge in [0.05, 0.1) is 6.61 Å². The molecule has 6 heteroatoms. The molecule has 0 spiro atoms. The van der Waals surface area contributed by atoms with Crippen LogP contribution in [-0.4, -0.2) is 48.3 Å². The van der Waals surface area contributed by atoms with E-state index >= 15 is 0 Å². The molecule has 6 nitrogen and oxygen atoms in total. The van der Waals surface area contributed by atoms with Crippen LogP contribution in [0.5, 0.6) is 5.75 Å². The Bertz CT molecular complexity index is 552. The Balaban J connectivity index is 1.85. The van der Waals surface area contributed by atoms with Crippen molar-refractivity contribution in [3.05, 3.63) is 29.8 Å². The summed E-state index contributed by atoms with van der Waals surface area (Å²) in [7, 11) is 0. The van der Waals surface area contributed by atoms with Crippen molar-refractivity contribution >= 4 is 6.16 Å². The van der Waals surface area contributed by atoms with Gasteiger partial charge in [-0.25, -0.2) is 4.79 Å². The number of nitrogens with one attached hydrogen (secondary N) is 1. The summed E-state index contributed by atoms with van der Waals surface area (Å²) in [5, 5.41) is 13.6. The van der Waals surface area contributed by atoms with E-state index < -0.39 is 24.0 Å². The summed E-state index contributed by atoms with van der Waals surface area (Å²) in [6.45, 7) is 8.49. The average molecular weight is 351 g/mol. The standard InChI is InChI=1S/C19H29NO5/c1-5-10-23-14-8-6-13(7-9-14)11-15-17(21)16(12-20-15)24-18(22)25-19(2,3)4/h6-9,15-17,20-21H,5,10-12H2,1-4H3/t15-,16+,17+/m1/s1. The number of benzene rings is 1. The third-order valence-corrected chi connectivity index (χ3v) is 3.86. The maximum Gasteiger partial charge on any atom is 0.509 e. The van der Waals surface area contributed by atoms with Crippen LogP contribution in [-0.2, 0) is 15.9 Å². The highest BCUT2D eigenvalue weighted by Gasteiger charge is 2.37. The lowest BCUT2D eigenvalue weighted by Gasteiger charge is -2.22. The van der Waals surface area contributed by atoms with Crippen molar-refractivity contribution in [2.75, 3.05) is 13.2 Å². The first-order valence-corrected chi connectivity index (χ1v) is 8.81. The molecule has 0 saturated carbocycles. The molecule has 1 aromatic rings. The van der Waals surface area contributed by atoms with Gasteiger partial charge in [0.15, 0.2) is 0 Å². The lowest BCUT2D eigenvalue weighted by Crippen LogP contribution is -2.37. The molecule has 3 atom stereocenters. The smallest absolute Gasteiger partial charge is 0.494 e. The molecule has 1 aliphatic rings. The highest BCUT2D eigenvalue weighted by atomic mass is 16.7. The number of hydrogen-bond acceptors (Lipinski definition) is 6. The fourth-order valence-corrected chi connectivity index (χ4v) is 2.67. The Morgan fingerprint density at radius 2 is 1.96 bits per heavy atom. The second-order valence-electron chi connectivity index (χ2n) is 7.32. The maximum atomic E-state index is 11.8. The van der Waals surface area contributed by atoms with Crippen molar-refractivity contribution in [1.82, 2.24) is 5.32 Å². The molecule has 2 N–H and O–H groups in total. The SMILES string of the molecule is CCCOc1ccc(C[C@H]2NC[C@H](OC(=O)OC(C)(C)C)[C@H]2O)cc1. The second-order valence-corrected chi connectivity index (χ2v) is 7.32. The van der Waals surface area contributed by atoms with Crippen LogP contribution in [0.25, 0.3) is 0 Å². The third kappa shape index (κ3) is 6.21. The van der Waals surface area contributed by atoms with Crippen molar-refractivity contribution in [2.24, 2.45) is 0 Å². The molecule has 1 aromatic carbocycles. The highest BCUT2D eigenvalue weighted by Crippen LogP contribution is 2.20. The van der Waals surface area contributed by atoms with Gasteiger partial charge < -0.3 is 24.6 Å². The largest absolute Gasteiger partial charge is 0.509 e. The Morgan fingerprint density at radius 1 is 1.28 bits per heavy atom. The maximum absolute atomic E-state index is 11.8. The molecule has 1 aliphatic heterocycles. The van der Waals surface area contributed by atoms with Gasteiger partial charge in [-0.2, -0.15) is 0 Å². The number of hydrogen-bond donors (Lipinski definition) is 2. The van der Waals surface area contributed by atoms with E-state index in [-0.39, 0.29) is 6.04 Å². The van der Waals surface area contributed by atoms with E-state index in [0.29, 0.717) is 19.6 Å².